The lowest BCUT2D eigenvalue weighted by atomic mass is 9.82. The highest BCUT2D eigenvalue weighted by Crippen LogP contribution is 2.30. The van der Waals surface area contributed by atoms with E-state index >= 15 is 0 Å². The topological polar surface area (TPSA) is 0 Å². The highest BCUT2D eigenvalue weighted by Gasteiger charge is 2.16. The minimum atomic E-state index is 1.03. The fourth-order valence-electron chi connectivity index (χ4n) is 4.47. The smallest absolute Gasteiger partial charge is 0.0412 e. The van der Waals surface area contributed by atoms with Gasteiger partial charge in [-0.15, -0.1) is 0 Å². The van der Waals surface area contributed by atoms with Crippen LogP contribution in [-0.2, 0) is 0 Å². The van der Waals surface area contributed by atoms with Gasteiger partial charge >= 0.3 is 0 Å². The van der Waals surface area contributed by atoms with Crippen molar-refractivity contribution in [1.29, 1.82) is 0 Å². The van der Waals surface area contributed by atoms with Crippen molar-refractivity contribution < 1.29 is 0 Å². The van der Waals surface area contributed by atoms with Crippen LogP contribution in [0, 0.1) is 11.8 Å². The van der Waals surface area contributed by atoms with Crippen LogP contribution in [0.15, 0.2) is 0 Å². The summed E-state index contributed by atoms with van der Waals surface area (Å²) in [6.07, 6.45) is 29.2. The van der Waals surface area contributed by atoms with Gasteiger partial charge in [0.2, 0.25) is 0 Å². The van der Waals surface area contributed by atoms with Crippen molar-refractivity contribution >= 4 is 0 Å². The van der Waals surface area contributed by atoms with Gasteiger partial charge in [0.25, 0.3) is 0 Å². The minimum absolute atomic E-state index is 1.03. The van der Waals surface area contributed by atoms with Crippen LogP contribution in [0.4, 0.5) is 0 Å². The maximum atomic E-state index is 2.37. The molecule has 2 unspecified atom stereocenters. The fourth-order valence-corrected chi connectivity index (χ4v) is 4.47. The van der Waals surface area contributed by atoms with Gasteiger partial charge in [0, 0.05) is 0 Å². The van der Waals surface area contributed by atoms with E-state index in [1.54, 1.807) is 6.42 Å². The Hall–Kier alpha value is 0. The predicted molar refractivity (Wildman–Crippen MR) is 122 cm³/mol. The molecule has 0 heterocycles. The quantitative estimate of drug-likeness (QED) is 0.177. The van der Waals surface area contributed by atoms with E-state index in [1.807, 2.05) is 0 Å². The molecule has 0 saturated heterocycles. The van der Waals surface area contributed by atoms with E-state index in [2.05, 4.69) is 27.7 Å². The molecule has 0 spiro atoms. The van der Waals surface area contributed by atoms with Crippen molar-refractivity contribution in [2.45, 2.75) is 156 Å². The summed E-state index contributed by atoms with van der Waals surface area (Å²) in [5, 5.41) is 0. The summed E-state index contributed by atoms with van der Waals surface area (Å²) in [5.74, 6) is 2.05. The molecule has 0 saturated carbocycles. The monoisotopic (exact) mass is 366 g/mol. The van der Waals surface area contributed by atoms with Gasteiger partial charge in [-0.1, -0.05) is 150 Å². The van der Waals surface area contributed by atoms with E-state index in [1.165, 1.54) is 122 Å². The number of hydrogen-bond acceptors (Lipinski definition) is 0. The van der Waals surface area contributed by atoms with Gasteiger partial charge in [-0.2, -0.15) is 0 Å². The number of unbranched alkanes of at least 4 members (excludes halogenated alkanes) is 11. The molecule has 0 heteroatoms. The largest absolute Gasteiger partial charge is 0.0654 e. The van der Waals surface area contributed by atoms with Crippen LogP contribution >= 0.6 is 0 Å². The first kappa shape index (κ1) is 26.0. The molecule has 0 aromatic carbocycles. The molecule has 0 nitrogen and oxygen atoms in total. The van der Waals surface area contributed by atoms with Gasteiger partial charge in [-0.05, 0) is 18.3 Å². The molecular weight excluding hydrogens is 312 g/mol. The summed E-state index contributed by atoms with van der Waals surface area (Å²) in [4.78, 5) is 0. The zero-order valence-corrected chi connectivity index (χ0v) is 19.3. The second kappa shape index (κ2) is 21.3. The second-order valence-corrected chi connectivity index (χ2v) is 9.01. The fraction of sp³-hybridized carbons (Fsp3) is 1.00. The molecule has 2 atom stereocenters. The Balaban J connectivity index is 4.21. The van der Waals surface area contributed by atoms with Crippen molar-refractivity contribution in [2.24, 2.45) is 11.8 Å². The van der Waals surface area contributed by atoms with Gasteiger partial charge in [-0.25, -0.2) is 0 Å². The van der Waals surface area contributed by atoms with Gasteiger partial charge < -0.3 is 0 Å². The molecule has 0 fully saturated rings. The average Bonchev–Trinajstić information content (AvgIpc) is 2.65. The first-order valence-electron chi connectivity index (χ1n) is 12.8. The summed E-state index contributed by atoms with van der Waals surface area (Å²) in [7, 11) is 0. The maximum Gasteiger partial charge on any atom is -0.0412 e. The molecule has 0 aromatic rings. The summed E-state index contributed by atoms with van der Waals surface area (Å²) in [6, 6.07) is 0. The van der Waals surface area contributed by atoms with E-state index in [0.717, 1.165) is 11.8 Å². The summed E-state index contributed by atoms with van der Waals surface area (Å²) in [5.41, 5.74) is 0. The van der Waals surface area contributed by atoms with E-state index in [9.17, 15) is 0 Å². The van der Waals surface area contributed by atoms with E-state index in [-0.39, 0.29) is 0 Å². The number of rotatable bonds is 21. The van der Waals surface area contributed by atoms with Gasteiger partial charge in [-0.3, -0.25) is 0 Å². The van der Waals surface area contributed by atoms with Gasteiger partial charge in [0.1, 0.15) is 0 Å². The molecule has 0 radical (unpaired) electrons. The first-order valence-corrected chi connectivity index (χ1v) is 12.8. The second-order valence-electron chi connectivity index (χ2n) is 9.01. The third-order valence-electron chi connectivity index (χ3n) is 6.28. The van der Waals surface area contributed by atoms with Crippen LogP contribution in [0.2, 0.25) is 0 Å². The molecule has 0 aliphatic heterocycles. The van der Waals surface area contributed by atoms with Crippen molar-refractivity contribution in [1.82, 2.24) is 0 Å². The van der Waals surface area contributed by atoms with Crippen LogP contribution in [-0.4, -0.2) is 0 Å². The van der Waals surface area contributed by atoms with Crippen molar-refractivity contribution in [3.8, 4) is 0 Å². The average molecular weight is 367 g/mol. The molecule has 0 aliphatic rings. The lowest BCUT2D eigenvalue weighted by Crippen LogP contribution is -2.10. The van der Waals surface area contributed by atoms with Crippen molar-refractivity contribution in [2.75, 3.05) is 0 Å². The van der Waals surface area contributed by atoms with E-state index < -0.39 is 0 Å². The highest BCUT2D eigenvalue weighted by atomic mass is 14.2. The molecular formula is C26H54. The van der Waals surface area contributed by atoms with Crippen LogP contribution < -0.4 is 0 Å². The van der Waals surface area contributed by atoms with Crippen LogP contribution in [0.25, 0.3) is 0 Å². The summed E-state index contributed by atoms with van der Waals surface area (Å²) >= 11 is 0. The van der Waals surface area contributed by atoms with Crippen LogP contribution in [0.1, 0.15) is 156 Å². The molecule has 0 aromatic heterocycles. The lowest BCUT2D eigenvalue weighted by Gasteiger charge is -2.24. The first-order chi connectivity index (χ1) is 12.8. The predicted octanol–water partition coefficient (Wildman–Crippen LogP) is 10.1. The lowest BCUT2D eigenvalue weighted by molar-refractivity contribution is 0.285. The zero-order valence-electron chi connectivity index (χ0n) is 19.3. The van der Waals surface area contributed by atoms with Crippen LogP contribution in [0.3, 0.4) is 0 Å². The maximum absolute atomic E-state index is 2.37. The Labute approximate surface area is 168 Å². The van der Waals surface area contributed by atoms with Crippen molar-refractivity contribution in [3.63, 3.8) is 0 Å². The minimum Gasteiger partial charge on any atom is -0.0654 e. The molecule has 0 rings (SSSR count). The van der Waals surface area contributed by atoms with E-state index in [0.29, 0.717) is 0 Å². The summed E-state index contributed by atoms with van der Waals surface area (Å²) in [6.45, 7) is 9.37. The third-order valence-corrected chi connectivity index (χ3v) is 6.28. The normalized spacial score (nSPS) is 13.8. The number of hydrogen-bond donors (Lipinski definition) is 0. The Morgan fingerprint density at radius 3 is 1.04 bits per heavy atom. The molecule has 0 N–H and O–H groups in total. The molecule has 0 bridgehead atoms. The van der Waals surface area contributed by atoms with Crippen molar-refractivity contribution in [3.05, 3.63) is 0 Å². The molecule has 158 valence electrons. The highest BCUT2D eigenvalue weighted by molar-refractivity contribution is 4.68. The standard InChI is InChI=1S/C26H54/c1-5-9-13-15-17-19-23-26(21-12-8-4)24-25(20-11-7-3)22-18-16-14-10-6-2/h25-26H,5-24H2,1-4H3. The Morgan fingerprint density at radius 2 is 0.654 bits per heavy atom. The Kier molecular flexibility index (Phi) is 21.3. The zero-order chi connectivity index (χ0) is 19.3. The van der Waals surface area contributed by atoms with Crippen LogP contribution in [0.5, 0.6) is 0 Å². The SMILES string of the molecule is CCCCCCCCC(CCCC)CC(CCCC)CCCCCCC. The Morgan fingerprint density at radius 1 is 0.346 bits per heavy atom. The van der Waals surface area contributed by atoms with Gasteiger partial charge in [0.15, 0.2) is 0 Å². The molecule has 0 amide bonds. The van der Waals surface area contributed by atoms with E-state index in [4.69, 9.17) is 0 Å². The third kappa shape index (κ3) is 17.4. The summed E-state index contributed by atoms with van der Waals surface area (Å²) < 4.78 is 0. The Bertz CT molecular complexity index is 244. The molecule has 26 heavy (non-hydrogen) atoms. The molecule has 0 aliphatic carbocycles. The van der Waals surface area contributed by atoms with Gasteiger partial charge in [0.05, 0.1) is 0 Å².